The number of amides is 1. The number of aromatic carboxylic acids is 1. The number of carbonyl (C=O) groups excluding carboxylic acids is 1. The standard InChI is InChI=1S/C13H12INO3/c14-9-5-6-11(10(7-9)13(17)18)15-12(16)8-3-1-2-4-8/h1-2,5-8H,3-4H2,(H,15,16)(H,17,18). The van der Waals surface area contributed by atoms with Gasteiger partial charge < -0.3 is 10.4 Å². The lowest BCUT2D eigenvalue weighted by Gasteiger charge is -2.12. The molecule has 0 aliphatic heterocycles. The maximum Gasteiger partial charge on any atom is 0.337 e. The summed E-state index contributed by atoms with van der Waals surface area (Å²) >= 11 is 2.04. The predicted molar refractivity (Wildman–Crippen MR) is 76.6 cm³/mol. The minimum atomic E-state index is -1.03. The SMILES string of the molecule is O=C(O)c1cc(I)ccc1NC(=O)C1CC=CC1. The quantitative estimate of drug-likeness (QED) is 0.646. The monoisotopic (exact) mass is 357 g/mol. The zero-order valence-electron chi connectivity index (χ0n) is 9.52. The van der Waals surface area contributed by atoms with Gasteiger partial charge in [-0.1, -0.05) is 12.2 Å². The number of hydrogen-bond donors (Lipinski definition) is 2. The lowest BCUT2D eigenvalue weighted by molar-refractivity contribution is -0.119. The number of carboxylic acids is 1. The number of nitrogens with one attached hydrogen (secondary N) is 1. The highest BCUT2D eigenvalue weighted by molar-refractivity contribution is 14.1. The molecule has 1 aliphatic rings. The van der Waals surface area contributed by atoms with Gasteiger partial charge in [-0.05, 0) is 53.6 Å². The molecule has 1 aromatic rings. The molecule has 94 valence electrons. The number of anilines is 1. The number of allylic oxidation sites excluding steroid dienone is 2. The second kappa shape index (κ2) is 5.51. The van der Waals surface area contributed by atoms with Gasteiger partial charge in [-0.15, -0.1) is 0 Å². The van der Waals surface area contributed by atoms with Crippen LogP contribution in [0.4, 0.5) is 5.69 Å². The molecule has 2 N–H and O–H groups in total. The second-order valence-corrected chi connectivity index (χ2v) is 5.37. The molecule has 2 rings (SSSR count). The van der Waals surface area contributed by atoms with Crippen LogP contribution in [0.15, 0.2) is 30.4 Å². The van der Waals surface area contributed by atoms with Gasteiger partial charge in [0.15, 0.2) is 0 Å². The number of carbonyl (C=O) groups is 2. The summed E-state index contributed by atoms with van der Waals surface area (Å²) in [4.78, 5) is 23.0. The molecule has 0 bridgehead atoms. The van der Waals surface area contributed by atoms with Crippen molar-refractivity contribution in [3.63, 3.8) is 0 Å². The average Bonchev–Trinajstić information content (AvgIpc) is 2.84. The van der Waals surface area contributed by atoms with Crippen LogP contribution >= 0.6 is 22.6 Å². The van der Waals surface area contributed by atoms with Crippen molar-refractivity contribution in [1.29, 1.82) is 0 Å². The first-order chi connectivity index (χ1) is 8.58. The van der Waals surface area contributed by atoms with Gasteiger partial charge in [-0.2, -0.15) is 0 Å². The molecule has 0 aromatic heterocycles. The topological polar surface area (TPSA) is 66.4 Å². The Kier molecular flexibility index (Phi) is 4.00. The first-order valence-electron chi connectivity index (χ1n) is 5.56. The highest BCUT2D eigenvalue weighted by atomic mass is 127. The van der Waals surface area contributed by atoms with E-state index in [-0.39, 0.29) is 17.4 Å². The molecular weight excluding hydrogens is 345 g/mol. The van der Waals surface area contributed by atoms with E-state index in [0.29, 0.717) is 5.69 Å². The maximum atomic E-state index is 11.9. The van der Waals surface area contributed by atoms with E-state index in [0.717, 1.165) is 16.4 Å². The lowest BCUT2D eigenvalue weighted by Crippen LogP contribution is -2.22. The summed E-state index contributed by atoms with van der Waals surface area (Å²) in [6.45, 7) is 0. The molecule has 0 heterocycles. The van der Waals surface area contributed by atoms with Gasteiger partial charge in [0.25, 0.3) is 0 Å². The van der Waals surface area contributed by atoms with Crippen molar-refractivity contribution in [2.75, 3.05) is 5.32 Å². The summed E-state index contributed by atoms with van der Waals surface area (Å²) in [6.07, 6.45) is 5.38. The van der Waals surface area contributed by atoms with E-state index in [9.17, 15) is 9.59 Å². The van der Waals surface area contributed by atoms with Crippen LogP contribution in [0.5, 0.6) is 0 Å². The second-order valence-electron chi connectivity index (χ2n) is 4.12. The first-order valence-corrected chi connectivity index (χ1v) is 6.64. The van der Waals surface area contributed by atoms with Gasteiger partial charge >= 0.3 is 5.97 Å². The zero-order chi connectivity index (χ0) is 13.1. The smallest absolute Gasteiger partial charge is 0.337 e. The third kappa shape index (κ3) is 2.90. The van der Waals surface area contributed by atoms with Crippen LogP contribution in [0.25, 0.3) is 0 Å². The molecule has 4 nitrogen and oxygen atoms in total. The summed E-state index contributed by atoms with van der Waals surface area (Å²) in [5.74, 6) is -1.23. The van der Waals surface area contributed by atoms with E-state index < -0.39 is 5.97 Å². The fraction of sp³-hybridized carbons (Fsp3) is 0.231. The Morgan fingerprint density at radius 1 is 1.28 bits per heavy atom. The van der Waals surface area contributed by atoms with Crippen molar-refractivity contribution in [3.05, 3.63) is 39.5 Å². The maximum absolute atomic E-state index is 11.9. The fourth-order valence-corrected chi connectivity index (χ4v) is 2.36. The molecule has 0 saturated carbocycles. The number of halogens is 1. The summed E-state index contributed by atoms with van der Waals surface area (Å²) < 4.78 is 0.825. The van der Waals surface area contributed by atoms with Crippen molar-refractivity contribution < 1.29 is 14.7 Å². The molecule has 0 unspecified atom stereocenters. The number of benzene rings is 1. The molecule has 1 aromatic carbocycles. The highest BCUT2D eigenvalue weighted by Gasteiger charge is 2.21. The molecule has 1 aliphatic carbocycles. The van der Waals surface area contributed by atoms with E-state index >= 15 is 0 Å². The van der Waals surface area contributed by atoms with E-state index in [4.69, 9.17) is 5.11 Å². The molecule has 18 heavy (non-hydrogen) atoms. The van der Waals surface area contributed by atoms with Crippen LogP contribution in [-0.2, 0) is 4.79 Å². The van der Waals surface area contributed by atoms with Crippen molar-refractivity contribution in [2.24, 2.45) is 5.92 Å². The van der Waals surface area contributed by atoms with Gasteiger partial charge in [-0.25, -0.2) is 4.79 Å². The van der Waals surface area contributed by atoms with E-state index in [2.05, 4.69) is 5.32 Å². The molecule has 0 fully saturated rings. The summed E-state index contributed by atoms with van der Waals surface area (Å²) in [5.41, 5.74) is 0.487. The number of rotatable bonds is 3. The summed E-state index contributed by atoms with van der Waals surface area (Å²) in [5, 5.41) is 11.8. The third-order valence-electron chi connectivity index (χ3n) is 2.85. The van der Waals surface area contributed by atoms with E-state index in [1.165, 1.54) is 0 Å². The van der Waals surface area contributed by atoms with Crippen molar-refractivity contribution in [1.82, 2.24) is 0 Å². The van der Waals surface area contributed by atoms with Crippen LogP contribution in [-0.4, -0.2) is 17.0 Å². The largest absolute Gasteiger partial charge is 0.478 e. The van der Waals surface area contributed by atoms with E-state index in [1.807, 2.05) is 34.7 Å². The van der Waals surface area contributed by atoms with Crippen LogP contribution in [0.3, 0.4) is 0 Å². The Hall–Kier alpha value is -1.37. The van der Waals surface area contributed by atoms with Gasteiger partial charge in [0.2, 0.25) is 5.91 Å². The number of carboxylic acid groups (broad SMARTS) is 1. The Morgan fingerprint density at radius 2 is 1.94 bits per heavy atom. The van der Waals surface area contributed by atoms with Crippen molar-refractivity contribution >= 4 is 40.2 Å². The molecular formula is C13H12INO3. The Labute approximate surface area is 118 Å². The molecule has 0 atom stereocenters. The van der Waals surface area contributed by atoms with Gasteiger partial charge in [0, 0.05) is 9.49 Å². The van der Waals surface area contributed by atoms with Crippen LogP contribution < -0.4 is 5.32 Å². The Bertz CT molecular complexity index is 517. The minimum Gasteiger partial charge on any atom is -0.478 e. The predicted octanol–water partition coefficient (Wildman–Crippen LogP) is 2.89. The van der Waals surface area contributed by atoms with Crippen LogP contribution in [0, 0.1) is 9.49 Å². The lowest BCUT2D eigenvalue weighted by atomic mass is 10.1. The summed E-state index contributed by atoms with van der Waals surface area (Å²) in [7, 11) is 0. The normalized spacial score (nSPS) is 14.7. The highest BCUT2D eigenvalue weighted by Crippen LogP contribution is 2.23. The average molecular weight is 357 g/mol. The van der Waals surface area contributed by atoms with E-state index in [1.54, 1.807) is 18.2 Å². The summed E-state index contributed by atoms with van der Waals surface area (Å²) in [6, 6.07) is 4.95. The third-order valence-corrected chi connectivity index (χ3v) is 3.52. The van der Waals surface area contributed by atoms with Crippen molar-refractivity contribution in [2.45, 2.75) is 12.8 Å². The molecule has 0 radical (unpaired) electrons. The van der Waals surface area contributed by atoms with Crippen LogP contribution in [0.2, 0.25) is 0 Å². The molecule has 0 spiro atoms. The zero-order valence-corrected chi connectivity index (χ0v) is 11.7. The number of hydrogen-bond acceptors (Lipinski definition) is 2. The fourth-order valence-electron chi connectivity index (χ4n) is 1.87. The van der Waals surface area contributed by atoms with Gasteiger partial charge in [0.1, 0.15) is 0 Å². The Morgan fingerprint density at radius 3 is 2.56 bits per heavy atom. The van der Waals surface area contributed by atoms with Crippen molar-refractivity contribution in [3.8, 4) is 0 Å². The molecule has 1 amide bonds. The molecule has 5 heteroatoms. The Balaban J connectivity index is 2.18. The molecule has 0 saturated heterocycles. The minimum absolute atomic E-state index is 0.0778. The first kappa shape index (κ1) is 13.1. The van der Waals surface area contributed by atoms with Gasteiger partial charge in [-0.3, -0.25) is 4.79 Å². The van der Waals surface area contributed by atoms with Crippen LogP contribution in [0.1, 0.15) is 23.2 Å². The van der Waals surface area contributed by atoms with Gasteiger partial charge in [0.05, 0.1) is 11.3 Å².